The zero-order valence-electron chi connectivity index (χ0n) is 19.3. The summed E-state index contributed by atoms with van der Waals surface area (Å²) in [6, 6.07) is 7.12. The van der Waals surface area contributed by atoms with E-state index in [4.69, 9.17) is 4.43 Å². The lowest BCUT2D eigenvalue weighted by molar-refractivity contribution is 0.232. The van der Waals surface area contributed by atoms with Gasteiger partial charge in [0.1, 0.15) is 0 Å². The standard InChI is InChI=1S/C24H42O2Si/c1-16(2)18-11-19(17(3)4)13-20(12-18)24(8)21(14-25)22(24)15-26-27(9,10)23(5,6)7/h11-13,16-17,21-22,25H,14-15H2,1-10H3/t21-,22-,24+/m1/s1. The highest BCUT2D eigenvalue weighted by Gasteiger charge is 2.62. The van der Waals surface area contributed by atoms with Crippen molar-refractivity contribution in [2.24, 2.45) is 11.8 Å². The fourth-order valence-electron chi connectivity index (χ4n) is 3.90. The Morgan fingerprint density at radius 3 is 1.85 bits per heavy atom. The highest BCUT2D eigenvalue weighted by atomic mass is 28.4. The molecule has 0 aromatic heterocycles. The molecule has 1 aromatic carbocycles. The normalized spacial score (nSPS) is 26.1. The van der Waals surface area contributed by atoms with Crippen LogP contribution in [0.1, 0.15) is 83.9 Å². The van der Waals surface area contributed by atoms with Crippen LogP contribution < -0.4 is 0 Å². The molecule has 27 heavy (non-hydrogen) atoms. The predicted molar refractivity (Wildman–Crippen MR) is 119 cm³/mol. The predicted octanol–water partition coefficient (Wildman–Crippen LogP) is 6.45. The van der Waals surface area contributed by atoms with Crippen molar-refractivity contribution in [3.8, 4) is 0 Å². The Kier molecular flexibility index (Phi) is 6.41. The maximum atomic E-state index is 10.1. The molecule has 1 aromatic rings. The van der Waals surface area contributed by atoms with Gasteiger partial charge in [0.25, 0.3) is 0 Å². The third-order valence-corrected chi connectivity index (χ3v) is 12.0. The van der Waals surface area contributed by atoms with Gasteiger partial charge in [0.15, 0.2) is 8.32 Å². The first-order valence-electron chi connectivity index (χ1n) is 10.7. The third kappa shape index (κ3) is 4.36. The molecule has 0 spiro atoms. The minimum Gasteiger partial charge on any atom is -0.417 e. The monoisotopic (exact) mass is 390 g/mol. The van der Waals surface area contributed by atoms with Crippen LogP contribution in [0, 0.1) is 11.8 Å². The molecule has 1 fully saturated rings. The molecule has 0 radical (unpaired) electrons. The van der Waals surface area contributed by atoms with E-state index in [0.29, 0.717) is 23.7 Å². The van der Waals surface area contributed by atoms with Crippen LogP contribution in [0.4, 0.5) is 0 Å². The lowest BCUT2D eigenvalue weighted by Crippen LogP contribution is -2.41. The van der Waals surface area contributed by atoms with Crippen LogP contribution in [0.3, 0.4) is 0 Å². The molecule has 0 heterocycles. The van der Waals surface area contributed by atoms with E-state index in [1.165, 1.54) is 16.7 Å². The molecule has 1 saturated carbocycles. The number of rotatable bonds is 7. The van der Waals surface area contributed by atoms with Gasteiger partial charge in [-0.15, -0.1) is 0 Å². The largest absolute Gasteiger partial charge is 0.417 e. The molecule has 0 saturated heterocycles. The summed E-state index contributed by atoms with van der Waals surface area (Å²) < 4.78 is 6.55. The maximum Gasteiger partial charge on any atom is 0.191 e. The van der Waals surface area contributed by atoms with Gasteiger partial charge in [-0.05, 0) is 58.5 Å². The van der Waals surface area contributed by atoms with E-state index < -0.39 is 8.32 Å². The summed E-state index contributed by atoms with van der Waals surface area (Å²) in [5.41, 5.74) is 4.22. The van der Waals surface area contributed by atoms with Gasteiger partial charge in [-0.1, -0.05) is 73.6 Å². The van der Waals surface area contributed by atoms with Crippen LogP contribution >= 0.6 is 0 Å². The molecular weight excluding hydrogens is 348 g/mol. The van der Waals surface area contributed by atoms with Gasteiger partial charge < -0.3 is 9.53 Å². The first-order chi connectivity index (χ1) is 12.3. The highest BCUT2D eigenvalue weighted by molar-refractivity contribution is 6.74. The minimum atomic E-state index is -1.77. The first-order valence-corrected chi connectivity index (χ1v) is 13.6. The van der Waals surface area contributed by atoms with Crippen LogP contribution in [-0.4, -0.2) is 26.6 Å². The number of hydrogen-bond donors (Lipinski definition) is 1. The molecule has 1 aliphatic carbocycles. The second-order valence-electron chi connectivity index (χ2n) is 10.9. The molecule has 0 bridgehead atoms. The number of benzene rings is 1. The van der Waals surface area contributed by atoms with E-state index in [-0.39, 0.29) is 17.1 Å². The lowest BCUT2D eigenvalue weighted by Gasteiger charge is -2.36. The van der Waals surface area contributed by atoms with Gasteiger partial charge in [0.05, 0.1) is 0 Å². The second kappa shape index (κ2) is 7.65. The molecule has 154 valence electrons. The van der Waals surface area contributed by atoms with Crippen molar-refractivity contribution in [1.82, 2.24) is 0 Å². The summed E-state index contributed by atoms with van der Waals surface area (Å²) in [6.45, 7) is 23.9. The van der Waals surface area contributed by atoms with E-state index >= 15 is 0 Å². The van der Waals surface area contributed by atoms with Crippen molar-refractivity contribution >= 4 is 8.32 Å². The average Bonchev–Trinajstić information content (AvgIpc) is 3.16. The molecule has 2 rings (SSSR count). The molecule has 2 nitrogen and oxygen atoms in total. The lowest BCUT2D eigenvalue weighted by atomic mass is 9.86. The van der Waals surface area contributed by atoms with Gasteiger partial charge in [-0.25, -0.2) is 0 Å². The smallest absolute Gasteiger partial charge is 0.191 e. The molecular formula is C24H42O2Si. The van der Waals surface area contributed by atoms with Crippen LogP contribution in [0.15, 0.2) is 18.2 Å². The van der Waals surface area contributed by atoms with E-state index in [1.54, 1.807) is 0 Å². The van der Waals surface area contributed by atoms with Gasteiger partial charge in [0.2, 0.25) is 0 Å². The molecule has 0 unspecified atom stereocenters. The zero-order valence-corrected chi connectivity index (χ0v) is 20.3. The third-order valence-electron chi connectivity index (χ3n) is 7.48. The summed E-state index contributed by atoms with van der Waals surface area (Å²) >= 11 is 0. The van der Waals surface area contributed by atoms with Gasteiger partial charge >= 0.3 is 0 Å². The Bertz CT molecular complexity index is 631. The van der Waals surface area contributed by atoms with Crippen LogP contribution in [-0.2, 0) is 9.84 Å². The van der Waals surface area contributed by atoms with E-state index in [1.807, 2.05) is 0 Å². The molecule has 0 aliphatic heterocycles. The van der Waals surface area contributed by atoms with Gasteiger partial charge in [-0.3, -0.25) is 0 Å². The number of aliphatic hydroxyl groups excluding tert-OH is 1. The van der Waals surface area contributed by atoms with E-state index in [9.17, 15) is 5.11 Å². The Morgan fingerprint density at radius 1 is 1.00 bits per heavy atom. The van der Waals surface area contributed by atoms with Crippen molar-refractivity contribution < 1.29 is 9.53 Å². The van der Waals surface area contributed by atoms with Crippen LogP contribution in [0.2, 0.25) is 18.1 Å². The zero-order chi connectivity index (χ0) is 20.8. The molecule has 0 amide bonds. The van der Waals surface area contributed by atoms with Crippen molar-refractivity contribution in [2.45, 2.75) is 90.8 Å². The number of aliphatic hydroxyl groups is 1. The van der Waals surface area contributed by atoms with Gasteiger partial charge in [0, 0.05) is 18.6 Å². The second-order valence-corrected chi connectivity index (χ2v) is 15.8. The maximum absolute atomic E-state index is 10.1. The van der Waals surface area contributed by atoms with Crippen molar-refractivity contribution in [2.75, 3.05) is 13.2 Å². The summed E-state index contributed by atoms with van der Waals surface area (Å²) in [5, 5.41) is 10.3. The van der Waals surface area contributed by atoms with Crippen LogP contribution in [0.25, 0.3) is 0 Å². The Labute approximate surface area is 168 Å². The van der Waals surface area contributed by atoms with Crippen molar-refractivity contribution in [3.05, 3.63) is 34.9 Å². The van der Waals surface area contributed by atoms with Crippen molar-refractivity contribution in [3.63, 3.8) is 0 Å². The summed E-state index contributed by atoms with van der Waals surface area (Å²) in [4.78, 5) is 0. The van der Waals surface area contributed by atoms with E-state index in [0.717, 1.165) is 6.61 Å². The van der Waals surface area contributed by atoms with E-state index in [2.05, 4.69) is 86.7 Å². The molecule has 1 aliphatic rings. The number of hydrogen-bond acceptors (Lipinski definition) is 2. The SMILES string of the molecule is CC(C)c1cc(C(C)C)cc([C@@]2(C)[C@H](CO)[C@H]2CO[Si](C)(C)C(C)(C)C)c1. The Balaban J connectivity index is 2.31. The molecule has 3 atom stereocenters. The molecule has 3 heteroatoms. The topological polar surface area (TPSA) is 29.5 Å². The quantitative estimate of drug-likeness (QED) is 0.542. The Hall–Kier alpha value is -0.643. The van der Waals surface area contributed by atoms with Crippen molar-refractivity contribution in [1.29, 1.82) is 0 Å². The fraction of sp³-hybridized carbons (Fsp3) is 0.750. The first kappa shape index (κ1) is 22.6. The molecule has 1 N–H and O–H groups in total. The van der Waals surface area contributed by atoms with Crippen LogP contribution in [0.5, 0.6) is 0 Å². The summed E-state index contributed by atoms with van der Waals surface area (Å²) in [6.07, 6.45) is 0. The highest BCUT2D eigenvalue weighted by Crippen LogP contribution is 2.60. The average molecular weight is 391 g/mol. The summed E-state index contributed by atoms with van der Waals surface area (Å²) in [7, 11) is -1.77. The summed E-state index contributed by atoms with van der Waals surface area (Å²) in [5.74, 6) is 1.72. The minimum absolute atomic E-state index is 0.0195. The Morgan fingerprint density at radius 2 is 1.48 bits per heavy atom. The van der Waals surface area contributed by atoms with Gasteiger partial charge in [-0.2, -0.15) is 0 Å². The fourth-order valence-corrected chi connectivity index (χ4v) is 4.93.